The Morgan fingerprint density at radius 2 is 1.82 bits per heavy atom. The van der Waals surface area contributed by atoms with Crippen LogP contribution < -0.4 is 10.1 Å². The number of hydrogen-bond donors (Lipinski definition) is 1. The van der Waals surface area contributed by atoms with Crippen molar-refractivity contribution < 1.29 is 27.4 Å². The highest BCUT2D eigenvalue weighted by Crippen LogP contribution is 2.36. The molecule has 2 rings (SSSR count). The second-order valence-electron chi connectivity index (χ2n) is 6.36. The van der Waals surface area contributed by atoms with Gasteiger partial charge in [0.15, 0.2) is 0 Å². The quantitative estimate of drug-likeness (QED) is 0.649. The van der Waals surface area contributed by atoms with Crippen LogP contribution in [0.4, 0.5) is 23.7 Å². The van der Waals surface area contributed by atoms with Crippen LogP contribution in [0.5, 0.6) is 5.75 Å². The van der Waals surface area contributed by atoms with E-state index >= 15 is 0 Å². The number of hydrogen-bond acceptors (Lipinski definition) is 3. The highest BCUT2D eigenvalue weighted by atomic mass is 19.4. The van der Waals surface area contributed by atoms with Gasteiger partial charge >= 0.3 is 12.3 Å². The van der Waals surface area contributed by atoms with Gasteiger partial charge in [0.05, 0.1) is 17.9 Å². The lowest BCUT2D eigenvalue weighted by Gasteiger charge is -2.19. The molecule has 0 aliphatic heterocycles. The van der Waals surface area contributed by atoms with Crippen LogP contribution in [0.3, 0.4) is 0 Å². The Hall–Kier alpha value is -2.70. The summed E-state index contributed by atoms with van der Waals surface area (Å²) < 4.78 is 51.0. The van der Waals surface area contributed by atoms with Gasteiger partial charge in [0.2, 0.25) is 0 Å². The summed E-state index contributed by atoms with van der Waals surface area (Å²) in [6, 6.07) is 7.39. The van der Waals surface area contributed by atoms with Crippen LogP contribution in [-0.4, -0.2) is 12.7 Å². The van der Waals surface area contributed by atoms with Crippen molar-refractivity contribution in [1.82, 2.24) is 0 Å². The molecule has 152 valence electrons. The predicted molar refractivity (Wildman–Crippen MR) is 102 cm³/mol. The van der Waals surface area contributed by atoms with E-state index in [0.29, 0.717) is 5.75 Å². The van der Waals surface area contributed by atoms with Crippen LogP contribution in [0.2, 0.25) is 0 Å². The molecular formula is C21H24F3NO3. The first kappa shape index (κ1) is 21.6. The van der Waals surface area contributed by atoms with E-state index in [2.05, 4.69) is 5.32 Å². The first-order valence-electron chi connectivity index (χ1n) is 9.03. The minimum Gasteiger partial charge on any atom is -0.489 e. The molecule has 0 heterocycles. The van der Waals surface area contributed by atoms with E-state index in [9.17, 15) is 18.0 Å². The second kappa shape index (κ2) is 8.99. The highest BCUT2D eigenvalue weighted by Gasteiger charge is 2.34. The average Bonchev–Trinajstić information content (AvgIpc) is 2.62. The number of anilines is 1. The number of rotatable bonds is 6. The fourth-order valence-corrected chi connectivity index (χ4v) is 2.94. The zero-order valence-electron chi connectivity index (χ0n) is 16.4. The predicted octanol–water partition coefficient (Wildman–Crippen LogP) is 6.03. The monoisotopic (exact) mass is 395 g/mol. The highest BCUT2D eigenvalue weighted by molar-refractivity contribution is 5.86. The van der Waals surface area contributed by atoms with Gasteiger partial charge < -0.3 is 9.47 Å². The van der Waals surface area contributed by atoms with Gasteiger partial charge in [-0.25, -0.2) is 4.79 Å². The number of carbonyl (C=O) groups is 1. The van der Waals surface area contributed by atoms with E-state index in [1.54, 1.807) is 6.92 Å². The minimum atomic E-state index is -4.58. The molecule has 0 atom stereocenters. The van der Waals surface area contributed by atoms with Gasteiger partial charge in [-0.1, -0.05) is 19.1 Å². The van der Waals surface area contributed by atoms with Crippen molar-refractivity contribution in [3.05, 3.63) is 58.1 Å². The third-order valence-electron chi connectivity index (χ3n) is 4.38. The lowest BCUT2D eigenvalue weighted by atomic mass is 10.0. The first-order chi connectivity index (χ1) is 13.2. The molecule has 2 aromatic rings. The van der Waals surface area contributed by atoms with Crippen molar-refractivity contribution in [3.63, 3.8) is 0 Å². The molecular weight excluding hydrogens is 371 g/mol. The first-order valence-corrected chi connectivity index (χ1v) is 9.03. The van der Waals surface area contributed by atoms with Crippen LogP contribution >= 0.6 is 0 Å². The lowest BCUT2D eigenvalue weighted by Crippen LogP contribution is -2.18. The molecule has 0 unspecified atom stereocenters. The fraction of sp³-hybridized carbons (Fsp3) is 0.381. The lowest BCUT2D eigenvalue weighted by molar-refractivity contribution is -0.138. The van der Waals surface area contributed by atoms with Gasteiger partial charge in [-0.15, -0.1) is 0 Å². The number of ether oxygens (including phenoxy) is 2. The number of carbonyl (C=O) groups excluding carboxylic acids is 1. The van der Waals surface area contributed by atoms with Crippen molar-refractivity contribution in [2.75, 3.05) is 11.9 Å². The van der Waals surface area contributed by atoms with E-state index < -0.39 is 17.8 Å². The molecule has 0 aromatic heterocycles. The summed E-state index contributed by atoms with van der Waals surface area (Å²) in [6.07, 6.45) is -4.54. The van der Waals surface area contributed by atoms with Crippen molar-refractivity contribution in [1.29, 1.82) is 0 Å². The van der Waals surface area contributed by atoms with Crippen LogP contribution in [0.15, 0.2) is 30.3 Å². The molecule has 28 heavy (non-hydrogen) atoms. The van der Waals surface area contributed by atoms with Gasteiger partial charge in [0.1, 0.15) is 12.4 Å². The fourth-order valence-electron chi connectivity index (χ4n) is 2.94. The normalized spacial score (nSPS) is 11.2. The summed E-state index contributed by atoms with van der Waals surface area (Å²) in [5, 5.41) is 2.36. The van der Waals surface area contributed by atoms with Crippen molar-refractivity contribution in [2.24, 2.45) is 0 Å². The summed E-state index contributed by atoms with van der Waals surface area (Å²) in [6.45, 7) is 7.20. The molecule has 0 saturated carbocycles. The SMILES string of the molecule is CCOC(=O)Nc1cccc(C(F)(F)F)c1COc1cc(C)c(CC)cc1C. The zero-order valence-corrected chi connectivity index (χ0v) is 16.4. The Morgan fingerprint density at radius 3 is 2.43 bits per heavy atom. The van der Waals surface area contributed by atoms with Crippen LogP contribution in [0.25, 0.3) is 0 Å². The van der Waals surface area contributed by atoms with Gasteiger partial charge in [-0.3, -0.25) is 5.32 Å². The van der Waals surface area contributed by atoms with E-state index in [4.69, 9.17) is 9.47 Å². The molecule has 0 aliphatic carbocycles. The third kappa shape index (κ3) is 5.18. The number of nitrogens with one attached hydrogen (secondary N) is 1. The molecule has 4 nitrogen and oxygen atoms in total. The largest absolute Gasteiger partial charge is 0.489 e. The third-order valence-corrected chi connectivity index (χ3v) is 4.38. The Labute approximate surface area is 162 Å². The molecule has 1 N–H and O–H groups in total. The summed E-state index contributed by atoms with van der Waals surface area (Å²) in [4.78, 5) is 11.7. The number of alkyl halides is 3. The number of amides is 1. The van der Waals surface area contributed by atoms with Crippen LogP contribution in [0.1, 0.15) is 41.7 Å². The maximum Gasteiger partial charge on any atom is 0.416 e. The van der Waals surface area contributed by atoms with Crippen LogP contribution in [-0.2, 0) is 23.9 Å². The average molecular weight is 395 g/mol. The van der Waals surface area contributed by atoms with E-state index in [1.807, 2.05) is 32.9 Å². The maximum atomic E-state index is 13.5. The standard InChI is InChI=1S/C21H24F3NO3/c1-5-15-10-14(4)19(11-13(15)3)28-12-16-17(21(22,23)24)8-7-9-18(16)25-20(26)27-6-2/h7-11H,5-6,12H2,1-4H3,(H,25,26). The number of benzene rings is 2. The van der Waals surface area contributed by atoms with Gasteiger partial charge in [-0.05, 0) is 62.1 Å². The molecule has 0 aliphatic rings. The zero-order chi connectivity index (χ0) is 20.9. The molecule has 2 aromatic carbocycles. The summed E-state index contributed by atoms with van der Waals surface area (Å²) >= 11 is 0. The smallest absolute Gasteiger partial charge is 0.416 e. The summed E-state index contributed by atoms with van der Waals surface area (Å²) in [5.41, 5.74) is 2.00. The van der Waals surface area contributed by atoms with Gasteiger partial charge in [-0.2, -0.15) is 13.2 Å². The van der Waals surface area contributed by atoms with E-state index in [0.717, 1.165) is 29.2 Å². The molecule has 0 bridgehead atoms. The Morgan fingerprint density at radius 1 is 1.11 bits per heavy atom. The topological polar surface area (TPSA) is 47.6 Å². The van der Waals surface area contributed by atoms with E-state index in [-0.39, 0.29) is 24.5 Å². The molecule has 0 saturated heterocycles. The molecule has 1 amide bonds. The summed E-state index contributed by atoms with van der Waals surface area (Å²) in [5.74, 6) is 0.508. The van der Waals surface area contributed by atoms with E-state index in [1.165, 1.54) is 12.1 Å². The van der Waals surface area contributed by atoms with Crippen molar-refractivity contribution in [3.8, 4) is 5.75 Å². The molecule has 0 fully saturated rings. The Bertz CT molecular complexity index is 848. The van der Waals surface area contributed by atoms with Crippen molar-refractivity contribution in [2.45, 2.75) is 46.9 Å². The maximum absolute atomic E-state index is 13.5. The van der Waals surface area contributed by atoms with Crippen LogP contribution in [0, 0.1) is 13.8 Å². The Balaban J connectivity index is 2.37. The number of aryl methyl sites for hydroxylation is 3. The van der Waals surface area contributed by atoms with Crippen molar-refractivity contribution >= 4 is 11.8 Å². The minimum absolute atomic E-state index is 0.00725. The second-order valence-corrected chi connectivity index (χ2v) is 6.36. The molecule has 0 spiro atoms. The summed E-state index contributed by atoms with van der Waals surface area (Å²) in [7, 11) is 0. The van der Waals surface area contributed by atoms with Gasteiger partial charge in [0, 0.05) is 5.56 Å². The molecule has 7 heteroatoms. The molecule has 0 radical (unpaired) electrons. The number of halogens is 3. The van der Waals surface area contributed by atoms with Gasteiger partial charge in [0.25, 0.3) is 0 Å². The Kier molecular flexibility index (Phi) is 6.94.